The molecule has 6 heteroatoms. The molecule has 0 spiro atoms. The summed E-state index contributed by atoms with van der Waals surface area (Å²) < 4.78 is 8.09. The van der Waals surface area contributed by atoms with Crippen LogP contribution in [0.25, 0.3) is 0 Å². The van der Waals surface area contributed by atoms with Crippen LogP contribution in [0.1, 0.15) is 26.7 Å². The zero-order valence-electron chi connectivity index (χ0n) is 11.9. The summed E-state index contributed by atoms with van der Waals surface area (Å²) in [6, 6.07) is 1.41. The second-order valence-electron chi connectivity index (χ2n) is 5.14. The second kappa shape index (κ2) is 6.68. The number of nitrogens with zero attached hydrogens (tertiary/aromatic N) is 2. The number of hydrogen-bond acceptors (Lipinski definition) is 4. The van der Waals surface area contributed by atoms with Crippen LogP contribution in [0.5, 0.6) is 0 Å². The molecule has 19 heavy (non-hydrogen) atoms. The summed E-state index contributed by atoms with van der Waals surface area (Å²) in [5, 5.41) is 0. The van der Waals surface area contributed by atoms with E-state index in [0.717, 1.165) is 0 Å². The van der Waals surface area contributed by atoms with Crippen molar-refractivity contribution in [3.05, 3.63) is 33.1 Å². The highest BCUT2D eigenvalue weighted by atomic mass is 16.5. The molecule has 1 rings (SSSR count). The van der Waals surface area contributed by atoms with Crippen molar-refractivity contribution in [1.82, 2.24) is 9.13 Å². The molecule has 0 saturated carbocycles. The van der Waals surface area contributed by atoms with Crippen LogP contribution in [0.4, 0.5) is 0 Å². The third-order valence-corrected chi connectivity index (χ3v) is 3.23. The fourth-order valence-electron chi connectivity index (χ4n) is 1.67. The Morgan fingerprint density at radius 3 is 2.58 bits per heavy atom. The van der Waals surface area contributed by atoms with E-state index >= 15 is 0 Å². The highest BCUT2D eigenvalue weighted by Gasteiger charge is 2.16. The maximum atomic E-state index is 12.1. The lowest BCUT2D eigenvalue weighted by molar-refractivity contribution is 0.0117. The molecule has 0 fully saturated rings. The van der Waals surface area contributed by atoms with Gasteiger partial charge in [0, 0.05) is 32.5 Å². The van der Waals surface area contributed by atoms with Crippen molar-refractivity contribution >= 4 is 0 Å². The van der Waals surface area contributed by atoms with Crippen LogP contribution in [0.2, 0.25) is 0 Å². The van der Waals surface area contributed by atoms with Gasteiger partial charge in [0.25, 0.3) is 5.56 Å². The molecule has 108 valence electrons. The number of hydrogen-bond donors (Lipinski definition) is 1. The van der Waals surface area contributed by atoms with Crippen molar-refractivity contribution in [1.29, 1.82) is 0 Å². The van der Waals surface area contributed by atoms with E-state index in [1.807, 2.05) is 13.8 Å². The summed E-state index contributed by atoms with van der Waals surface area (Å²) >= 11 is 0. The number of nitrogens with two attached hydrogens (primary N) is 1. The van der Waals surface area contributed by atoms with E-state index in [9.17, 15) is 9.59 Å². The molecule has 0 aliphatic carbocycles. The van der Waals surface area contributed by atoms with Gasteiger partial charge in [-0.1, -0.05) is 0 Å². The predicted octanol–water partition coefficient (Wildman–Crippen LogP) is 0.174. The Balaban J connectivity index is 2.92. The Morgan fingerprint density at radius 2 is 2.00 bits per heavy atom. The molecule has 0 unspecified atom stereocenters. The molecular formula is C13H23N3O3. The lowest BCUT2D eigenvalue weighted by Gasteiger charge is -2.23. The Morgan fingerprint density at radius 1 is 1.32 bits per heavy atom. The molecule has 0 radical (unpaired) electrons. The van der Waals surface area contributed by atoms with E-state index in [2.05, 4.69) is 0 Å². The highest BCUT2D eigenvalue weighted by Crippen LogP contribution is 2.13. The average molecular weight is 269 g/mol. The van der Waals surface area contributed by atoms with Crippen LogP contribution in [-0.4, -0.2) is 28.4 Å². The van der Waals surface area contributed by atoms with E-state index in [-0.39, 0.29) is 16.9 Å². The normalized spacial score (nSPS) is 11.8. The minimum Gasteiger partial charge on any atom is -0.379 e. The van der Waals surface area contributed by atoms with Gasteiger partial charge >= 0.3 is 5.69 Å². The molecule has 0 bridgehead atoms. The molecule has 2 N–H and O–H groups in total. The molecule has 0 aliphatic rings. The number of aryl methyl sites for hydroxylation is 1. The number of ether oxygens (including phenoxy) is 1. The van der Waals surface area contributed by atoms with Crippen molar-refractivity contribution in [2.24, 2.45) is 5.73 Å². The van der Waals surface area contributed by atoms with Crippen LogP contribution in [0.3, 0.4) is 0 Å². The first-order chi connectivity index (χ1) is 8.91. The van der Waals surface area contributed by atoms with Crippen LogP contribution in [0.15, 0.2) is 21.9 Å². The molecule has 0 saturated heterocycles. The second-order valence-corrected chi connectivity index (χ2v) is 5.14. The van der Waals surface area contributed by atoms with Gasteiger partial charge in [-0.15, -0.1) is 0 Å². The molecule has 0 atom stereocenters. The van der Waals surface area contributed by atoms with Crippen molar-refractivity contribution in [3.63, 3.8) is 0 Å². The Kier molecular flexibility index (Phi) is 5.50. The summed E-state index contributed by atoms with van der Waals surface area (Å²) in [7, 11) is 1.64. The zero-order chi connectivity index (χ0) is 14.5. The van der Waals surface area contributed by atoms with Gasteiger partial charge in [0.15, 0.2) is 0 Å². The summed E-state index contributed by atoms with van der Waals surface area (Å²) in [4.78, 5) is 23.8. The third kappa shape index (κ3) is 4.33. The van der Waals surface area contributed by atoms with Gasteiger partial charge in [-0.2, -0.15) is 0 Å². The molecule has 0 aliphatic heterocycles. The molecule has 1 aromatic heterocycles. The van der Waals surface area contributed by atoms with Crippen LogP contribution >= 0.6 is 0 Å². The fraction of sp³-hybridized carbons (Fsp3) is 0.692. The highest BCUT2D eigenvalue weighted by molar-refractivity contribution is 4.87. The van der Waals surface area contributed by atoms with Gasteiger partial charge < -0.3 is 15.0 Å². The molecule has 1 heterocycles. The lowest BCUT2D eigenvalue weighted by Crippen LogP contribution is -2.40. The van der Waals surface area contributed by atoms with E-state index in [0.29, 0.717) is 32.5 Å². The van der Waals surface area contributed by atoms with E-state index in [1.165, 1.54) is 16.8 Å². The predicted molar refractivity (Wildman–Crippen MR) is 74.3 cm³/mol. The van der Waals surface area contributed by atoms with Crippen LogP contribution < -0.4 is 17.0 Å². The number of methoxy groups -OCH3 is 1. The van der Waals surface area contributed by atoms with Gasteiger partial charge in [-0.25, -0.2) is 4.79 Å². The van der Waals surface area contributed by atoms with Crippen LogP contribution in [-0.2, 0) is 17.8 Å². The zero-order valence-corrected chi connectivity index (χ0v) is 11.9. The summed E-state index contributed by atoms with van der Waals surface area (Å²) in [6.45, 7) is 5.26. The van der Waals surface area contributed by atoms with Gasteiger partial charge in [-0.05, 0) is 33.2 Å². The van der Waals surface area contributed by atoms with Crippen molar-refractivity contribution < 1.29 is 4.74 Å². The van der Waals surface area contributed by atoms with Crippen molar-refractivity contribution in [3.8, 4) is 0 Å². The first-order valence-corrected chi connectivity index (χ1v) is 6.47. The van der Waals surface area contributed by atoms with E-state index in [1.54, 1.807) is 11.7 Å². The van der Waals surface area contributed by atoms with Gasteiger partial charge in [0.2, 0.25) is 0 Å². The summed E-state index contributed by atoms with van der Waals surface area (Å²) in [5.41, 5.74) is 4.55. The summed E-state index contributed by atoms with van der Waals surface area (Å²) in [6.07, 6.45) is 2.84. The first kappa shape index (κ1) is 15.7. The minimum absolute atomic E-state index is 0.277. The topological polar surface area (TPSA) is 79.2 Å². The summed E-state index contributed by atoms with van der Waals surface area (Å²) in [5.74, 6) is 0. The average Bonchev–Trinajstić information content (AvgIpc) is 2.38. The first-order valence-electron chi connectivity index (χ1n) is 6.47. The molecular weight excluding hydrogens is 246 g/mol. The molecule has 0 aromatic carbocycles. The Labute approximate surface area is 112 Å². The number of rotatable bonds is 7. The molecule has 1 aromatic rings. The number of aromatic nitrogens is 2. The maximum absolute atomic E-state index is 12.1. The fourth-order valence-corrected chi connectivity index (χ4v) is 1.67. The monoisotopic (exact) mass is 269 g/mol. The van der Waals surface area contributed by atoms with E-state index < -0.39 is 0 Å². The van der Waals surface area contributed by atoms with Gasteiger partial charge in [-0.3, -0.25) is 9.36 Å². The minimum atomic E-state index is -0.294. The Bertz CT molecular complexity index is 517. The van der Waals surface area contributed by atoms with Crippen molar-refractivity contribution in [2.45, 2.75) is 45.4 Å². The molecule has 6 nitrogen and oxygen atoms in total. The molecule has 0 amide bonds. The third-order valence-electron chi connectivity index (χ3n) is 3.23. The van der Waals surface area contributed by atoms with Crippen LogP contribution in [0, 0.1) is 0 Å². The quantitative estimate of drug-likeness (QED) is 0.765. The SMILES string of the molecule is COC(C)(C)CCn1ccc(=O)n(CCCN)c1=O. The maximum Gasteiger partial charge on any atom is 0.330 e. The lowest BCUT2D eigenvalue weighted by atomic mass is 10.1. The van der Waals surface area contributed by atoms with Crippen molar-refractivity contribution in [2.75, 3.05) is 13.7 Å². The van der Waals surface area contributed by atoms with Gasteiger partial charge in [0.05, 0.1) is 5.60 Å². The Hall–Kier alpha value is -1.40. The smallest absolute Gasteiger partial charge is 0.330 e. The largest absolute Gasteiger partial charge is 0.379 e. The van der Waals surface area contributed by atoms with E-state index in [4.69, 9.17) is 10.5 Å². The van der Waals surface area contributed by atoms with Gasteiger partial charge in [0.1, 0.15) is 0 Å². The standard InChI is InChI=1S/C13H23N3O3/c1-13(2,19-3)6-10-15-9-5-11(17)16(12(15)18)8-4-7-14/h5,9H,4,6-8,10,14H2,1-3H3.